The lowest BCUT2D eigenvalue weighted by atomic mass is 10.3. The van der Waals surface area contributed by atoms with Crippen LogP contribution in [0.4, 0.5) is 5.82 Å². The molecule has 0 aliphatic rings. The van der Waals surface area contributed by atoms with Crippen molar-refractivity contribution in [3.05, 3.63) is 18.3 Å². The molecule has 1 rings (SSSR count). The van der Waals surface area contributed by atoms with E-state index in [0.29, 0.717) is 0 Å². The van der Waals surface area contributed by atoms with Gasteiger partial charge in [0.25, 0.3) is 0 Å². The number of nitrogens with zero attached hydrogens (tertiary/aromatic N) is 2. The number of esters is 1. The van der Waals surface area contributed by atoms with Crippen LogP contribution in [-0.2, 0) is 19.4 Å². The van der Waals surface area contributed by atoms with Crippen molar-refractivity contribution in [2.75, 3.05) is 24.8 Å². The molecule has 6 nitrogen and oxygen atoms in total. The summed E-state index contributed by atoms with van der Waals surface area (Å²) in [6, 6.07) is 2.94. The van der Waals surface area contributed by atoms with E-state index in [4.69, 9.17) is 0 Å². The van der Waals surface area contributed by atoms with Crippen molar-refractivity contribution in [1.29, 1.82) is 0 Å². The highest BCUT2D eigenvalue weighted by Gasteiger charge is 2.23. The predicted octanol–water partition coefficient (Wildman–Crippen LogP) is 0.873. The van der Waals surface area contributed by atoms with Gasteiger partial charge in [0.2, 0.25) is 0 Å². The summed E-state index contributed by atoms with van der Waals surface area (Å²) < 4.78 is 28.1. The van der Waals surface area contributed by atoms with Crippen molar-refractivity contribution >= 4 is 21.6 Å². The average molecular weight is 286 g/mol. The smallest absolute Gasteiger partial charge is 0.325 e. The topological polar surface area (TPSA) is 76.6 Å². The number of anilines is 1. The van der Waals surface area contributed by atoms with Gasteiger partial charge in [-0.05, 0) is 26.0 Å². The number of carbonyl (C=O) groups is 1. The second-order valence-electron chi connectivity index (χ2n) is 4.40. The maximum Gasteiger partial charge on any atom is 0.325 e. The molecule has 0 radical (unpaired) electrons. The largest absolute Gasteiger partial charge is 0.468 e. The summed E-state index contributed by atoms with van der Waals surface area (Å²) in [5.74, 6) is -0.177. The second kappa shape index (κ2) is 6.01. The highest BCUT2D eigenvalue weighted by Crippen LogP contribution is 2.23. The molecule has 1 aromatic heterocycles. The molecule has 0 unspecified atom stereocenters. The predicted molar refractivity (Wildman–Crippen MR) is 71.8 cm³/mol. The van der Waals surface area contributed by atoms with Gasteiger partial charge in [-0.1, -0.05) is 0 Å². The molecule has 19 heavy (non-hydrogen) atoms. The number of ether oxygens (including phenoxy) is 1. The molecule has 1 heterocycles. The van der Waals surface area contributed by atoms with Crippen LogP contribution in [0.2, 0.25) is 0 Å². The Hall–Kier alpha value is -1.63. The zero-order chi connectivity index (χ0) is 14.6. The van der Waals surface area contributed by atoms with Crippen LogP contribution in [0.15, 0.2) is 23.2 Å². The molecule has 0 aliphatic heterocycles. The monoisotopic (exact) mass is 286 g/mol. The first kappa shape index (κ1) is 15.4. The Bertz CT molecular complexity index is 555. The Morgan fingerprint density at radius 3 is 2.58 bits per heavy atom. The number of carbonyl (C=O) groups excluding carboxylic acids is 1. The van der Waals surface area contributed by atoms with Crippen molar-refractivity contribution in [1.82, 2.24) is 4.98 Å². The van der Waals surface area contributed by atoms with E-state index < -0.39 is 15.8 Å². The molecule has 0 saturated heterocycles. The highest BCUT2D eigenvalue weighted by atomic mass is 32.2. The van der Waals surface area contributed by atoms with Crippen LogP contribution < -0.4 is 4.90 Å². The Kier molecular flexibility index (Phi) is 4.88. The fraction of sp³-hybridized carbons (Fsp3) is 0.500. The number of sulfone groups is 1. The molecule has 0 saturated carbocycles. The van der Waals surface area contributed by atoms with Gasteiger partial charge in [-0.3, -0.25) is 4.79 Å². The molecule has 0 bridgehead atoms. The summed E-state index contributed by atoms with van der Waals surface area (Å²) in [4.78, 5) is 17.2. The summed E-state index contributed by atoms with van der Waals surface area (Å²) in [6.07, 6.45) is 2.61. The maximum atomic E-state index is 11.8. The SMILES string of the molecule is COC(=O)CN(c1ncccc1S(C)(=O)=O)C(C)C. The van der Waals surface area contributed by atoms with E-state index in [1.807, 2.05) is 13.8 Å². The summed E-state index contributed by atoms with van der Waals surface area (Å²) in [5.41, 5.74) is 0. The minimum atomic E-state index is -3.41. The minimum absolute atomic E-state index is 0.0479. The molecular formula is C12H18N2O4S. The van der Waals surface area contributed by atoms with E-state index in [1.54, 1.807) is 11.0 Å². The number of hydrogen-bond donors (Lipinski definition) is 0. The first-order valence-electron chi connectivity index (χ1n) is 5.76. The average Bonchev–Trinajstić information content (AvgIpc) is 2.34. The van der Waals surface area contributed by atoms with E-state index in [2.05, 4.69) is 9.72 Å². The molecule has 0 fully saturated rings. The van der Waals surface area contributed by atoms with Gasteiger partial charge in [0.15, 0.2) is 9.84 Å². The van der Waals surface area contributed by atoms with Gasteiger partial charge in [-0.25, -0.2) is 13.4 Å². The van der Waals surface area contributed by atoms with E-state index in [9.17, 15) is 13.2 Å². The third-order valence-electron chi connectivity index (χ3n) is 2.57. The molecule has 0 aliphatic carbocycles. The third-order valence-corrected chi connectivity index (χ3v) is 3.69. The Morgan fingerprint density at radius 1 is 1.47 bits per heavy atom. The molecular weight excluding hydrogens is 268 g/mol. The van der Waals surface area contributed by atoms with E-state index in [-0.39, 0.29) is 23.3 Å². The van der Waals surface area contributed by atoms with Gasteiger partial charge in [-0.2, -0.15) is 0 Å². The number of pyridine rings is 1. The van der Waals surface area contributed by atoms with E-state index in [0.717, 1.165) is 6.26 Å². The third kappa shape index (κ3) is 3.92. The lowest BCUT2D eigenvalue weighted by Crippen LogP contribution is -2.37. The molecule has 0 amide bonds. The van der Waals surface area contributed by atoms with Crippen molar-refractivity contribution in [2.45, 2.75) is 24.8 Å². The lowest BCUT2D eigenvalue weighted by molar-refractivity contribution is -0.139. The van der Waals surface area contributed by atoms with Crippen molar-refractivity contribution in [2.24, 2.45) is 0 Å². The van der Waals surface area contributed by atoms with Gasteiger partial charge in [0.05, 0.1) is 7.11 Å². The Labute approximate surface area is 113 Å². The summed E-state index contributed by atoms with van der Waals surface area (Å²) in [5, 5.41) is 0. The van der Waals surface area contributed by atoms with Crippen LogP contribution in [-0.4, -0.2) is 45.3 Å². The highest BCUT2D eigenvalue weighted by molar-refractivity contribution is 7.90. The minimum Gasteiger partial charge on any atom is -0.468 e. The number of hydrogen-bond acceptors (Lipinski definition) is 6. The second-order valence-corrected chi connectivity index (χ2v) is 6.38. The Balaban J connectivity index is 3.28. The van der Waals surface area contributed by atoms with Crippen LogP contribution >= 0.6 is 0 Å². The molecule has 106 valence electrons. The molecule has 0 aromatic carbocycles. The molecule has 0 N–H and O–H groups in total. The van der Waals surface area contributed by atoms with Crippen LogP contribution in [0, 0.1) is 0 Å². The fourth-order valence-electron chi connectivity index (χ4n) is 1.59. The molecule has 0 spiro atoms. The van der Waals surface area contributed by atoms with Crippen molar-refractivity contribution < 1.29 is 17.9 Å². The van der Waals surface area contributed by atoms with E-state index >= 15 is 0 Å². The zero-order valence-electron chi connectivity index (χ0n) is 11.5. The first-order valence-corrected chi connectivity index (χ1v) is 7.65. The maximum absolute atomic E-state index is 11.8. The van der Waals surface area contributed by atoms with Crippen molar-refractivity contribution in [3.63, 3.8) is 0 Å². The Morgan fingerprint density at radius 2 is 2.11 bits per heavy atom. The van der Waals surface area contributed by atoms with Crippen molar-refractivity contribution in [3.8, 4) is 0 Å². The summed E-state index contributed by atoms with van der Waals surface area (Å²) in [7, 11) is -2.12. The van der Waals surface area contributed by atoms with Gasteiger partial charge in [-0.15, -0.1) is 0 Å². The lowest BCUT2D eigenvalue weighted by Gasteiger charge is -2.27. The molecule has 1 aromatic rings. The van der Waals surface area contributed by atoms with Crippen LogP contribution in [0.25, 0.3) is 0 Å². The number of aromatic nitrogens is 1. The van der Waals surface area contributed by atoms with E-state index in [1.165, 1.54) is 19.4 Å². The number of methoxy groups -OCH3 is 1. The first-order chi connectivity index (χ1) is 8.77. The van der Waals surface area contributed by atoms with Crippen LogP contribution in [0.5, 0.6) is 0 Å². The molecule has 7 heteroatoms. The van der Waals surface area contributed by atoms with Gasteiger partial charge in [0, 0.05) is 18.5 Å². The molecule has 0 atom stereocenters. The summed E-state index contributed by atoms with van der Waals surface area (Å²) >= 11 is 0. The van der Waals surface area contributed by atoms with Gasteiger partial charge < -0.3 is 9.64 Å². The normalized spacial score (nSPS) is 11.4. The number of rotatable bonds is 5. The fourth-order valence-corrected chi connectivity index (χ4v) is 2.42. The van der Waals surface area contributed by atoms with Gasteiger partial charge >= 0.3 is 5.97 Å². The summed E-state index contributed by atoms with van der Waals surface area (Å²) in [6.45, 7) is 3.65. The quantitative estimate of drug-likeness (QED) is 0.748. The van der Waals surface area contributed by atoms with Gasteiger partial charge in [0.1, 0.15) is 17.3 Å². The standard InChI is InChI=1S/C12H18N2O4S/c1-9(2)14(8-11(15)18-3)12-10(19(4,16)17)6-5-7-13-12/h5-7,9H,8H2,1-4H3. The van der Waals surface area contributed by atoms with Crippen LogP contribution in [0.1, 0.15) is 13.8 Å². The van der Waals surface area contributed by atoms with Crippen LogP contribution in [0.3, 0.4) is 0 Å². The zero-order valence-corrected chi connectivity index (χ0v) is 12.3.